The van der Waals surface area contributed by atoms with Crippen LogP contribution in [0.4, 0.5) is 10.1 Å². The number of nitrogens with zero attached hydrogens (tertiary/aromatic N) is 1. The second-order valence-electron chi connectivity index (χ2n) is 4.96. The molecule has 0 spiro atoms. The summed E-state index contributed by atoms with van der Waals surface area (Å²) in [4.78, 5) is 4.57. The number of rotatable bonds is 3. The Bertz CT molecular complexity index is 818. The van der Waals surface area contributed by atoms with Crippen LogP contribution in [0.3, 0.4) is 0 Å². The number of thiocarbonyl (C=S) groups is 1. The first kappa shape index (κ1) is 14.6. The summed E-state index contributed by atoms with van der Waals surface area (Å²) >= 11 is 5.35. The Morgan fingerprint density at radius 2 is 1.86 bits per heavy atom. The number of anilines is 1. The van der Waals surface area contributed by atoms with E-state index in [9.17, 15) is 4.39 Å². The average molecular weight is 311 g/mol. The highest BCUT2D eigenvalue weighted by Crippen LogP contribution is 2.20. The molecule has 2 aromatic carbocycles. The molecule has 0 aliphatic carbocycles. The fraction of sp³-hybridized carbons (Fsp3) is 0.0588. The summed E-state index contributed by atoms with van der Waals surface area (Å²) in [5.41, 5.74) is 7.74. The molecule has 110 valence electrons. The van der Waals surface area contributed by atoms with Gasteiger partial charge in [0.15, 0.2) is 0 Å². The van der Waals surface area contributed by atoms with E-state index in [1.165, 1.54) is 12.1 Å². The van der Waals surface area contributed by atoms with Crippen molar-refractivity contribution in [1.29, 1.82) is 0 Å². The molecule has 5 heteroatoms. The van der Waals surface area contributed by atoms with E-state index in [-0.39, 0.29) is 5.82 Å². The highest BCUT2D eigenvalue weighted by Gasteiger charge is 2.12. The number of halogens is 1. The molecule has 0 aliphatic rings. The Morgan fingerprint density at radius 1 is 1.09 bits per heavy atom. The second kappa shape index (κ2) is 6.17. The van der Waals surface area contributed by atoms with Gasteiger partial charge in [-0.1, -0.05) is 30.4 Å². The number of hydrogen-bond donors (Lipinski definition) is 2. The zero-order valence-corrected chi connectivity index (χ0v) is 12.5. The third-order valence-corrected chi connectivity index (χ3v) is 3.78. The van der Waals surface area contributed by atoms with Crippen LogP contribution in [-0.4, -0.2) is 9.97 Å². The van der Waals surface area contributed by atoms with Crippen molar-refractivity contribution in [2.75, 3.05) is 5.32 Å². The summed E-state index contributed by atoms with van der Waals surface area (Å²) < 4.78 is 13.0. The number of benzene rings is 2. The first-order valence-corrected chi connectivity index (χ1v) is 7.20. The number of aromatic nitrogens is 1. The molecular formula is C17H14FN3S. The molecule has 0 radical (unpaired) electrons. The van der Waals surface area contributed by atoms with Gasteiger partial charge in [-0.25, -0.2) is 4.39 Å². The molecule has 0 unspecified atom stereocenters. The number of hydrogen-bond acceptors (Lipinski definition) is 3. The summed E-state index contributed by atoms with van der Waals surface area (Å²) in [5, 5.41) is 5.26. The minimum Gasteiger partial charge on any atom is -0.348 e. The van der Waals surface area contributed by atoms with Gasteiger partial charge >= 0.3 is 0 Å². The molecule has 1 heterocycles. The number of fused-ring (bicyclic) bond motifs is 1. The van der Waals surface area contributed by atoms with Crippen LogP contribution < -0.4 is 11.1 Å². The van der Waals surface area contributed by atoms with Crippen molar-refractivity contribution in [2.45, 2.75) is 6.04 Å². The maximum absolute atomic E-state index is 13.0. The van der Waals surface area contributed by atoms with Gasteiger partial charge in [0, 0.05) is 23.5 Å². The van der Waals surface area contributed by atoms with Crippen LogP contribution in [-0.2, 0) is 0 Å². The summed E-state index contributed by atoms with van der Waals surface area (Å²) in [6.45, 7) is 0. The minimum atomic E-state index is -0.483. The molecule has 0 saturated heterocycles. The van der Waals surface area contributed by atoms with E-state index in [4.69, 9.17) is 18.0 Å². The predicted molar refractivity (Wildman–Crippen MR) is 91.3 cm³/mol. The Labute approximate surface area is 133 Å². The highest BCUT2D eigenvalue weighted by atomic mass is 32.1. The molecule has 1 aromatic heterocycles. The molecule has 0 fully saturated rings. The van der Waals surface area contributed by atoms with Gasteiger partial charge < -0.3 is 11.1 Å². The molecule has 3 aromatic rings. The largest absolute Gasteiger partial charge is 0.348 e. The first-order chi connectivity index (χ1) is 10.6. The van der Waals surface area contributed by atoms with Crippen molar-refractivity contribution in [2.24, 2.45) is 5.73 Å². The molecule has 0 amide bonds. The quantitative estimate of drug-likeness (QED) is 0.722. The lowest BCUT2D eigenvalue weighted by atomic mass is 10.1. The fourth-order valence-electron chi connectivity index (χ4n) is 2.20. The highest BCUT2D eigenvalue weighted by molar-refractivity contribution is 7.80. The number of nitrogens with two attached hydrogens (primary N) is 1. The molecule has 22 heavy (non-hydrogen) atoms. The van der Waals surface area contributed by atoms with Gasteiger partial charge in [0.2, 0.25) is 0 Å². The number of nitrogens with one attached hydrogen (secondary N) is 1. The van der Waals surface area contributed by atoms with E-state index in [0.29, 0.717) is 4.99 Å². The normalized spacial score (nSPS) is 12.1. The van der Waals surface area contributed by atoms with Gasteiger partial charge in [0.1, 0.15) is 10.8 Å². The van der Waals surface area contributed by atoms with Crippen LogP contribution in [0.25, 0.3) is 10.8 Å². The fourth-order valence-corrected chi connectivity index (χ4v) is 2.46. The van der Waals surface area contributed by atoms with Gasteiger partial charge in [-0.05, 0) is 41.3 Å². The van der Waals surface area contributed by atoms with Crippen LogP contribution in [0, 0.1) is 5.82 Å². The van der Waals surface area contributed by atoms with E-state index in [2.05, 4.69) is 10.3 Å². The third kappa shape index (κ3) is 3.10. The van der Waals surface area contributed by atoms with E-state index >= 15 is 0 Å². The van der Waals surface area contributed by atoms with Gasteiger partial charge in [0.05, 0.1) is 6.04 Å². The lowest BCUT2D eigenvalue weighted by Gasteiger charge is -2.16. The summed E-state index contributed by atoms with van der Waals surface area (Å²) in [5.74, 6) is -0.294. The zero-order valence-electron chi connectivity index (χ0n) is 11.7. The van der Waals surface area contributed by atoms with Crippen LogP contribution >= 0.6 is 12.2 Å². The van der Waals surface area contributed by atoms with E-state index < -0.39 is 6.04 Å². The molecule has 3 rings (SSSR count). The SMILES string of the molecule is N[C@@H](C(=S)Nc1ccc2cnccc2c1)c1ccc(F)cc1. The van der Waals surface area contributed by atoms with Crippen molar-refractivity contribution in [1.82, 2.24) is 4.98 Å². The monoisotopic (exact) mass is 311 g/mol. The smallest absolute Gasteiger partial charge is 0.123 e. The maximum Gasteiger partial charge on any atom is 0.123 e. The summed E-state index contributed by atoms with van der Waals surface area (Å²) in [6.07, 6.45) is 3.55. The predicted octanol–water partition coefficient (Wildman–Crippen LogP) is 3.81. The summed E-state index contributed by atoms with van der Waals surface area (Å²) in [6, 6.07) is 13.4. The molecule has 0 aliphatic heterocycles. The van der Waals surface area contributed by atoms with Gasteiger partial charge in [0.25, 0.3) is 0 Å². The lowest BCUT2D eigenvalue weighted by molar-refractivity contribution is 0.627. The van der Waals surface area contributed by atoms with Crippen molar-refractivity contribution in [3.05, 3.63) is 72.3 Å². The molecule has 3 nitrogen and oxygen atoms in total. The van der Waals surface area contributed by atoms with E-state index in [0.717, 1.165) is 22.0 Å². The molecule has 0 saturated carbocycles. The molecule has 3 N–H and O–H groups in total. The lowest BCUT2D eigenvalue weighted by Crippen LogP contribution is -2.26. The third-order valence-electron chi connectivity index (χ3n) is 3.42. The first-order valence-electron chi connectivity index (χ1n) is 6.79. The van der Waals surface area contributed by atoms with Crippen LogP contribution in [0.2, 0.25) is 0 Å². The standard InChI is InChI=1S/C17H14FN3S/c18-14-4-1-11(2-5-14)16(19)17(22)21-15-6-3-13-10-20-8-7-12(13)9-15/h1-10,16H,19H2,(H,21,22)/t16-/m1/s1. The second-order valence-corrected chi connectivity index (χ2v) is 5.40. The Hall–Kier alpha value is -2.37. The minimum absolute atomic E-state index is 0.294. The van der Waals surface area contributed by atoms with E-state index in [1.54, 1.807) is 18.3 Å². The average Bonchev–Trinajstić information content (AvgIpc) is 2.55. The van der Waals surface area contributed by atoms with Gasteiger partial charge in [-0.3, -0.25) is 4.98 Å². The van der Waals surface area contributed by atoms with Crippen molar-refractivity contribution >= 4 is 33.7 Å². The van der Waals surface area contributed by atoms with Crippen LogP contribution in [0.15, 0.2) is 60.9 Å². The van der Waals surface area contributed by atoms with Crippen LogP contribution in [0.1, 0.15) is 11.6 Å². The molecule has 1 atom stereocenters. The molecular weight excluding hydrogens is 297 g/mol. The van der Waals surface area contributed by atoms with Gasteiger partial charge in [-0.15, -0.1) is 0 Å². The Balaban J connectivity index is 1.78. The topological polar surface area (TPSA) is 50.9 Å². The van der Waals surface area contributed by atoms with E-state index in [1.807, 2.05) is 30.5 Å². The molecule has 0 bridgehead atoms. The Morgan fingerprint density at radius 3 is 2.64 bits per heavy atom. The number of pyridine rings is 1. The Kier molecular flexibility index (Phi) is 4.09. The van der Waals surface area contributed by atoms with Gasteiger partial charge in [-0.2, -0.15) is 0 Å². The van der Waals surface area contributed by atoms with Crippen molar-refractivity contribution in [3.63, 3.8) is 0 Å². The maximum atomic E-state index is 13.0. The van der Waals surface area contributed by atoms with Crippen molar-refractivity contribution < 1.29 is 4.39 Å². The zero-order chi connectivity index (χ0) is 15.5. The summed E-state index contributed by atoms with van der Waals surface area (Å²) in [7, 11) is 0. The van der Waals surface area contributed by atoms with Crippen molar-refractivity contribution in [3.8, 4) is 0 Å². The van der Waals surface area contributed by atoms with Crippen LogP contribution in [0.5, 0.6) is 0 Å².